The van der Waals surface area contributed by atoms with Crippen LogP contribution in [0.15, 0.2) is 36.4 Å². The maximum absolute atomic E-state index is 13.7. The largest absolute Gasteiger partial charge is 0.352 e. The van der Waals surface area contributed by atoms with Crippen LogP contribution in [0.25, 0.3) is 0 Å². The zero-order chi connectivity index (χ0) is 26.6. The number of nitrogens with zero attached hydrogens (tertiary/aromatic N) is 2. The fourth-order valence-electron chi connectivity index (χ4n) is 4.30. The van der Waals surface area contributed by atoms with Crippen LogP contribution < -0.4 is 9.62 Å². The number of hydrogen-bond donors (Lipinski definition) is 1. The smallest absolute Gasteiger partial charge is 0.244 e. The standard InChI is InChI=1S/C25H30Cl3N3O4S/c1-16-12-19(26)10-11-23(16)31(36(3,34)35)15-24(32)30(14-18-8-9-20(27)13-22(18)28)17(2)25(33)29-21-6-4-5-7-21/h8-13,17,21H,4-7,14-15H2,1-3H3,(H,29,33)/t17-/m1/s1. The highest BCUT2D eigenvalue weighted by atomic mass is 35.5. The molecule has 2 aromatic carbocycles. The molecule has 0 spiro atoms. The number of rotatable bonds is 9. The number of carbonyl (C=O) groups excluding carboxylic acids is 2. The van der Waals surface area contributed by atoms with Crippen LogP contribution in [-0.4, -0.2) is 50.0 Å². The second-order valence-electron chi connectivity index (χ2n) is 9.12. The molecule has 2 amide bonds. The Morgan fingerprint density at radius 3 is 2.25 bits per heavy atom. The van der Waals surface area contributed by atoms with Gasteiger partial charge in [0.2, 0.25) is 21.8 Å². The minimum atomic E-state index is -3.83. The topological polar surface area (TPSA) is 86.8 Å². The number of sulfonamides is 1. The Morgan fingerprint density at radius 2 is 1.67 bits per heavy atom. The third-order valence-electron chi connectivity index (χ3n) is 6.33. The van der Waals surface area contributed by atoms with Crippen molar-refractivity contribution < 1.29 is 18.0 Å². The molecule has 0 heterocycles. The highest BCUT2D eigenvalue weighted by Crippen LogP contribution is 2.27. The van der Waals surface area contributed by atoms with Crippen molar-refractivity contribution in [3.63, 3.8) is 0 Å². The van der Waals surface area contributed by atoms with E-state index >= 15 is 0 Å². The number of carbonyl (C=O) groups is 2. The molecule has 11 heteroatoms. The summed E-state index contributed by atoms with van der Waals surface area (Å²) in [6.07, 6.45) is 4.92. The maximum Gasteiger partial charge on any atom is 0.244 e. The molecule has 0 aromatic heterocycles. The first-order valence-electron chi connectivity index (χ1n) is 11.6. The molecule has 2 aromatic rings. The van der Waals surface area contributed by atoms with E-state index in [0.29, 0.717) is 31.9 Å². The van der Waals surface area contributed by atoms with Crippen molar-refractivity contribution in [2.75, 3.05) is 17.1 Å². The van der Waals surface area contributed by atoms with Crippen LogP contribution in [0.1, 0.15) is 43.7 Å². The predicted octanol–water partition coefficient (Wildman–Crippen LogP) is 5.20. The highest BCUT2D eigenvalue weighted by molar-refractivity contribution is 7.92. The molecule has 1 aliphatic carbocycles. The van der Waals surface area contributed by atoms with E-state index in [1.807, 2.05) is 0 Å². The van der Waals surface area contributed by atoms with Gasteiger partial charge in [-0.25, -0.2) is 8.42 Å². The lowest BCUT2D eigenvalue weighted by Crippen LogP contribution is -2.52. The third kappa shape index (κ3) is 7.28. The Morgan fingerprint density at radius 1 is 1.06 bits per heavy atom. The number of hydrogen-bond acceptors (Lipinski definition) is 4. The van der Waals surface area contributed by atoms with E-state index in [4.69, 9.17) is 34.8 Å². The van der Waals surface area contributed by atoms with Crippen molar-refractivity contribution in [1.29, 1.82) is 0 Å². The van der Waals surface area contributed by atoms with Crippen molar-refractivity contribution >= 4 is 62.3 Å². The Balaban J connectivity index is 1.93. The first-order chi connectivity index (χ1) is 16.9. The summed E-state index contributed by atoms with van der Waals surface area (Å²) < 4.78 is 26.5. The van der Waals surface area contributed by atoms with Crippen molar-refractivity contribution in [1.82, 2.24) is 10.2 Å². The lowest BCUT2D eigenvalue weighted by molar-refractivity contribution is -0.139. The molecule has 1 aliphatic rings. The Hall–Kier alpha value is -2.00. The molecule has 196 valence electrons. The number of aryl methyl sites for hydroxylation is 1. The number of anilines is 1. The highest BCUT2D eigenvalue weighted by Gasteiger charge is 2.32. The quantitative estimate of drug-likeness (QED) is 0.446. The summed E-state index contributed by atoms with van der Waals surface area (Å²) in [4.78, 5) is 28.1. The van der Waals surface area contributed by atoms with Gasteiger partial charge in [0.1, 0.15) is 12.6 Å². The molecule has 0 unspecified atom stereocenters. The minimum absolute atomic E-state index is 0.00525. The van der Waals surface area contributed by atoms with Gasteiger partial charge in [-0.15, -0.1) is 0 Å². The zero-order valence-corrected chi connectivity index (χ0v) is 23.5. The number of benzene rings is 2. The van der Waals surface area contributed by atoms with E-state index in [9.17, 15) is 18.0 Å². The van der Waals surface area contributed by atoms with E-state index in [-0.39, 0.29) is 18.5 Å². The Bertz CT molecular complexity index is 1230. The molecule has 0 bridgehead atoms. The van der Waals surface area contributed by atoms with E-state index in [1.54, 1.807) is 50.2 Å². The average molecular weight is 575 g/mol. The second kappa shape index (κ2) is 12.0. The van der Waals surface area contributed by atoms with Crippen LogP contribution in [0.3, 0.4) is 0 Å². The lowest BCUT2D eigenvalue weighted by Gasteiger charge is -2.32. The molecule has 0 aliphatic heterocycles. The number of nitrogens with one attached hydrogen (secondary N) is 1. The summed E-state index contributed by atoms with van der Waals surface area (Å²) in [6, 6.07) is 8.85. The van der Waals surface area contributed by atoms with Crippen LogP contribution in [0.4, 0.5) is 5.69 Å². The average Bonchev–Trinajstić information content (AvgIpc) is 3.29. The molecular weight excluding hydrogens is 545 g/mol. The second-order valence-corrected chi connectivity index (χ2v) is 12.3. The summed E-state index contributed by atoms with van der Waals surface area (Å²) in [5, 5.41) is 4.26. The summed E-state index contributed by atoms with van der Waals surface area (Å²) >= 11 is 18.4. The van der Waals surface area contributed by atoms with Gasteiger partial charge < -0.3 is 10.2 Å². The summed E-state index contributed by atoms with van der Waals surface area (Å²) in [5.74, 6) is -0.844. The first-order valence-corrected chi connectivity index (χ1v) is 14.6. The van der Waals surface area contributed by atoms with Gasteiger partial charge in [-0.3, -0.25) is 13.9 Å². The van der Waals surface area contributed by atoms with Gasteiger partial charge in [-0.05, 0) is 68.1 Å². The van der Waals surface area contributed by atoms with Crippen LogP contribution in [0, 0.1) is 6.92 Å². The van der Waals surface area contributed by atoms with Crippen LogP contribution in [0.2, 0.25) is 15.1 Å². The minimum Gasteiger partial charge on any atom is -0.352 e. The van der Waals surface area contributed by atoms with Crippen LogP contribution in [0.5, 0.6) is 0 Å². The fourth-order valence-corrected chi connectivity index (χ4v) is 5.90. The monoisotopic (exact) mass is 573 g/mol. The Kier molecular flexibility index (Phi) is 9.55. The van der Waals surface area contributed by atoms with Gasteiger partial charge in [0.25, 0.3) is 0 Å². The molecule has 0 saturated heterocycles. The van der Waals surface area contributed by atoms with Gasteiger partial charge >= 0.3 is 0 Å². The fraction of sp³-hybridized carbons (Fsp3) is 0.440. The molecule has 1 fully saturated rings. The molecule has 1 saturated carbocycles. The van der Waals surface area contributed by atoms with Crippen molar-refractivity contribution in [2.24, 2.45) is 0 Å². The Labute approximate surface area is 227 Å². The van der Waals surface area contributed by atoms with E-state index in [2.05, 4.69) is 5.32 Å². The van der Waals surface area contributed by atoms with Crippen LogP contribution >= 0.6 is 34.8 Å². The third-order valence-corrected chi connectivity index (χ3v) is 8.28. The predicted molar refractivity (Wildman–Crippen MR) is 145 cm³/mol. The van der Waals surface area contributed by atoms with Gasteiger partial charge in [-0.2, -0.15) is 0 Å². The van der Waals surface area contributed by atoms with E-state index in [1.165, 1.54) is 4.90 Å². The van der Waals surface area contributed by atoms with Gasteiger partial charge in [0, 0.05) is 27.7 Å². The summed E-state index contributed by atoms with van der Waals surface area (Å²) in [7, 11) is -3.83. The van der Waals surface area contributed by atoms with E-state index in [0.717, 1.165) is 36.2 Å². The summed E-state index contributed by atoms with van der Waals surface area (Å²) in [6.45, 7) is 2.86. The number of amides is 2. The van der Waals surface area contributed by atoms with Crippen molar-refractivity contribution in [3.05, 3.63) is 62.6 Å². The molecule has 1 N–H and O–H groups in total. The summed E-state index contributed by atoms with van der Waals surface area (Å²) in [5.41, 5.74) is 1.52. The SMILES string of the molecule is Cc1cc(Cl)ccc1N(CC(=O)N(Cc1ccc(Cl)cc1Cl)[C@H](C)C(=O)NC1CCCC1)S(C)(=O)=O. The van der Waals surface area contributed by atoms with Gasteiger partial charge in [-0.1, -0.05) is 53.7 Å². The van der Waals surface area contributed by atoms with E-state index < -0.39 is 28.5 Å². The van der Waals surface area contributed by atoms with Gasteiger partial charge in [0.05, 0.1) is 11.9 Å². The zero-order valence-electron chi connectivity index (χ0n) is 20.4. The molecule has 3 rings (SSSR count). The lowest BCUT2D eigenvalue weighted by atomic mass is 10.1. The van der Waals surface area contributed by atoms with Gasteiger partial charge in [0.15, 0.2) is 0 Å². The molecule has 7 nitrogen and oxygen atoms in total. The molecule has 1 atom stereocenters. The molecule has 0 radical (unpaired) electrons. The first kappa shape index (κ1) is 28.6. The normalized spacial score (nSPS) is 14.9. The molecule has 36 heavy (non-hydrogen) atoms. The van der Waals surface area contributed by atoms with Crippen LogP contribution in [-0.2, 0) is 26.2 Å². The maximum atomic E-state index is 13.7. The van der Waals surface area contributed by atoms with Crippen molar-refractivity contribution in [3.8, 4) is 0 Å². The molecular formula is C25H30Cl3N3O4S. The number of halogens is 3. The van der Waals surface area contributed by atoms with Crippen molar-refractivity contribution in [2.45, 2.75) is 58.2 Å².